The van der Waals surface area contributed by atoms with Gasteiger partial charge in [0.2, 0.25) is 5.91 Å². The molecule has 0 spiro atoms. The number of hydrogen-bond donors (Lipinski definition) is 1. The van der Waals surface area contributed by atoms with E-state index in [0.717, 1.165) is 25.1 Å². The number of benzene rings is 1. The Balaban J connectivity index is 1.93. The zero-order chi connectivity index (χ0) is 14.8. The van der Waals surface area contributed by atoms with Gasteiger partial charge >= 0.3 is 0 Å². The molecule has 0 bridgehead atoms. The topological polar surface area (TPSA) is 46.3 Å². The number of carbonyl (C=O) groups excluding carboxylic acids is 1. The first kappa shape index (κ1) is 15.0. The number of hydrogen-bond acceptors (Lipinski definition) is 2. The van der Waals surface area contributed by atoms with Crippen molar-refractivity contribution >= 4 is 5.91 Å². The molecule has 2 unspecified atom stereocenters. The second kappa shape index (κ2) is 5.92. The first-order valence-electron chi connectivity index (χ1n) is 7.17. The lowest BCUT2D eigenvalue weighted by Crippen LogP contribution is -2.34. The maximum atomic E-state index is 12.9. The highest BCUT2D eigenvalue weighted by Gasteiger charge is 2.34. The largest absolute Gasteiger partial charge is 0.342 e. The van der Waals surface area contributed by atoms with Crippen LogP contribution in [0.2, 0.25) is 0 Å². The summed E-state index contributed by atoms with van der Waals surface area (Å²) in [5, 5.41) is 0. The molecule has 2 atom stereocenters. The van der Waals surface area contributed by atoms with E-state index in [9.17, 15) is 9.18 Å². The Labute approximate surface area is 120 Å². The van der Waals surface area contributed by atoms with Gasteiger partial charge in [-0.2, -0.15) is 0 Å². The summed E-state index contributed by atoms with van der Waals surface area (Å²) in [7, 11) is 0. The van der Waals surface area contributed by atoms with Crippen LogP contribution in [0.1, 0.15) is 38.2 Å². The summed E-state index contributed by atoms with van der Waals surface area (Å²) < 4.78 is 12.9. The van der Waals surface area contributed by atoms with Gasteiger partial charge in [0.25, 0.3) is 0 Å². The first-order chi connectivity index (χ1) is 9.43. The Morgan fingerprint density at radius 1 is 1.45 bits per heavy atom. The van der Waals surface area contributed by atoms with E-state index in [1.54, 1.807) is 12.1 Å². The molecule has 1 heterocycles. The fourth-order valence-corrected chi connectivity index (χ4v) is 2.70. The number of rotatable bonds is 4. The van der Waals surface area contributed by atoms with E-state index in [-0.39, 0.29) is 23.1 Å². The minimum atomic E-state index is -0.245. The highest BCUT2D eigenvalue weighted by atomic mass is 19.1. The summed E-state index contributed by atoms with van der Waals surface area (Å²) in [6.45, 7) is 6.29. The van der Waals surface area contributed by atoms with Crippen LogP contribution < -0.4 is 5.73 Å². The summed E-state index contributed by atoms with van der Waals surface area (Å²) in [5.74, 6) is 0.0253. The molecule has 20 heavy (non-hydrogen) atoms. The van der Waals surface area contributed by atoms with Crippen LogP contribution in [0.4, 0.5) is 4.39 Å². The number of likely N-dealkylation sites (tertiary alicyclic amines) is 1. The van der Waals surface area contributed by atoms with Crippen molar-refractivity contribution in [2.75, 3.05) is 19.6 Å². The second-order valence-electron chi connectivity index (χ2n) is 6.24. The van der Waals surface area contributed by atoms with Crippen LogP contribution in [-0.4, -0.2) is 30.4 Å². The van der Waals surface area contributed by atoms with Crippen LogP contribution >= 0.6 is 0 Å². The zero-order valence-corrected chi connectivity index (χ0v) is 12.2. The summed E-state index contributed by atoms with van der Waals surface area (Å²) in [5.41, 5.74) is 6.83. The number of nitrogens with two attached hydrogens (primary N) is 1. The molecule has 0 aromatic heterocycles. The molecular weight excluding hydrogens is 255 g/mol. The van der Waals surface area contributed by atoms with Gasteiger partial charge in [-0.25, -0.2) is 4.39 Å². The molecule has 110 valence electrons. The Morgan fingerprint density at radius 3 is 2.65 bits per heavy atom. The van der Waals surface area contributed by atoms with Gasteiger partial charge in [-0.15, -0.1) is 0 Å². The van der Waals surface area contributed by atoms with Crippen molar-refractivity contribution in [3.8, 4) is 0 Å². The van der Waals surface area contributed by atoms with E-state index in [2.05, 4.69) is 6.92 Å². The third-order valence-corrected chi connectivity index (χ3v) is 4.32. The predicted molar refractivity (Wildman–Crippen MR) is 77.8 cm³/mol. The van der Waals surface area contributed by atoms with Gasteiger partial charge in [0.1, 0.15) is 5.82 Å². The van der Waals surface area contributed by atoms with Crippen LogP contribution in [0.15, 0.2) is 24.3 Å². The highest BCUT2D eigenvalue weighted by Crippen LogP contribution is 2.30. The van der Waals surface area contributed by atoms with E-state index in [0.29, 0.717) is 13.0 Å². The van der Waals surface area contributed by atoms with Crippen molar-refractivity contribution in [1.29, 1.82) is 0 Å². The fourth-order valence-electron chi connectivity index (χ4n) is 2.70. The van der Waals surface area contributed by atoms with Crippen LogP contribution in [0.25, 0.3) is 0 Å². The van der Waals surface area contributed by atoms with E-state index >= 15 is 0 Å². The van der Waals surface area contributed by atoms with Crippen LogP contribution in [0.3, 0.4) is 0 Å². The maximum absolute atomic E-state index is 12.9. The van der Waals surface area contributed by atoms with Gasteiger partial charge in [-0.3, -0.25) is 4.79 Å². The molecular formula is C16H23FN2O. The fraction of sp³-hybridized carbons (Fsp3) is 0.562. The molecule has 1 aromatic rings. The number of nitrogens with zero attached hydrogens (tertiary/aromatic N) is 1. The second-order valence-corrected chi connectivity index (χ2v) is 6.24. The van der Waals surface area contributed by atoms with Gasteiger partial charge in [-0.1, -0.05) is 26.0 Å². The molecule has 1 aliphatic rings. The normalized spacial score (nSPS) is 23.9. The molecule has 1 fully saturated rings. The predicted octanol–water partition coefficient (Wildman–Crippen LogP) is 2.52. The zero-order valence-electron chi connectivity index (χ0n) is 12.2. The molecule has 4 heteroatoms. The summed E-state index contributed by atoms with van der Waals surface area (Å²) in [4.78, 5) is 14.2. The number of halogens is 1. The van der Waals surface area contributed by atoms with Crippen molar-refractivity contribution in [2.24, 2.45) is 11.1 Å². The summed E-state index contributed by atoms with van der Waals surface area (Å²) >= 11 is 0. The van der Waals surface area contributed by atoms with Crippen molar-refractivity contribution in [1.82, 2.24) is 4.90 Å². The monoisotopic (exact) mass is 278 g/mol. The molecule has 2 rings (SSSR count). The average molecular weight is 278 g/mol. The van der Waals surface area contributed by atoms with Crippen molar-refractivity contribution in [3.63, 3.8) is 0 Å². The Morgan fingerprint density at radius 2 is 2.10 bits per heavy atom. The molecule has 0 radical (unpaired) electrons. The third-order valence-electron chi connectivity index (χ3n) is 4.32. The Kier molecular flexibility index (Phi) is 4.43. The molecule has 2 N–H and O–H groups in total. The van der Waals surface area contributed by atoms with E-state index < -0.39 is 0 Å². The Bertz CT molecular complexity index is 474. The Hall–Kier alpha value is -1.42. The van der Waals surface area contributed by atoms with Crippen molar-refractivity contribution in [2.45, 2.75) is 32.6 Å². The lowest BCUT2D eigenvalue weighted by atomic mass is 9.90. The van der Waals surface area contributed by atoms with Gasteiger partial charge in [0, 0.05) is 19.5 Å². The number of amides is 1. The first-order valence-corrected chi connectivity index (χ1v) is 7.17. The SMILES string of the molecule is CC(CC(=O)N1CCC(C)(CN)C1)c1ccc(F)cc1. The molecule has 0 saturated carbocycles. The molecule has 3 nitrogen and oxygen atoms in total. The average Bonchev–Trinajstić information content (AvgIpc) is 2.83. The third kappa shape index (κ3) is 3.37. The van der Waals surface area contributed by atoms with Gasteiger partial charge in [0.05, 0.1) is 0 Å². The molecule has 0 aliphatic carbocycles. The van der Waals surface area contributed by atoms with Crippen molar-refractivity contribution in [3.05, 3.63) is 35.6 Å². The minimum Gasteiger partial charge on any atom is -0.342 e. The standard InChI is InChI=1S/C16H23FN2O/c1-12(13-3-5-14(17)6-4-13)9-15(20)19-8-7-16(2,10-18)11-19/h3-6,12H,7-11,18H2,1-2H3. The van der Waals surface area contributed by atoms with E-state index in [1.807, 2.05) is 11.8 Å². The van der Waals surface area contributed by atoms with Gasteiger partial charge in [0.15, 0.2) is 0 Å². The number of carbonyl (C=O) groups is 1. The van der Waals surface area contributed by atoms with Crippen molar-refractivity contribution < 1.29 is 9.18 Å². The van der Waals surface area contributed by atoms with Crippen LogP contribution in [-0.2, 0) is 4.79 Å². The minimum absolute atomic E-state index is 0.0643. The lowest BCUT2D eigenvalue weighted by molar-refractivity contribution is -0.130. The van der Waals surface area contributed by atoms with Gasteiger partial charge < -0.3 is 10.6 Å². The molecule has 1 aromatic carbocycles. The van der Waals surface area contributed by atoms with Crippen LogP contribution in [0.5, 0.6) is 0 Å². The summed E-state index contributed by atoms with van der Waals surface area (Å²) in [6, 6.07) is 6.39. The van der Waals surface area contributed by atoms with E-state index in [1.165, 1.54) is 12.1 Å². The molecule has 1 amide bonds. The smallest absolute Gasteiger partial charge is 0.223 e. The maximum Gasteiger partial charge on any atom is 0.223 e. The van der Waals surface area contributed by atoms with E-state index in [4.69, 9.17) is 5.73 Å². The highest BCUT2D eigenvalue weighted by molar-refractivity contribution is 5.77. The molecule has 1 aliphatic heterocycles. The molecule has 1 saturated heterocycles. The quantitative estimate of drug-likeness (QED) is 0.920. The lowest BCUT2D eigenvalue weighted by Gasteiger charge is -2.23. The van der Waals surface area contributed by atoms with Crippen LogP contribution in [0, 0.1) is 11.2 Å². The summed E-state index contributed by atoms with van der Waals surface area (Å²) in [6.07, 6.45) is 1.44. The van der Waals surface area contributed by atoms with Gasteiger partial charge in [-0.05, 0) is 42.0 Å².